The number of hydrogen-bond acceptors (Lipinski definition) is 8. The number of nitro groups is 1. The van der Waals surface area contributed by atoms with Crippen LogP contribution in [0.4, 0.5) is 26.9 Å². The Morgan fingerprint density at radius 1 is 1.00 bits per heavy atom. The number of aliphatic hydroxyl groups excluding tert-OH is 1. The molecule has 0 aromatic heterocycles. The number of fused-ring (bicyclic) bond motifs is 4. The number of halogens is 1. The summed E-state index contributed by atoms with van der Waals surface area (Å²) in [4.78, 5) is 58.6. The highest BCUT2D eigenvalue weighted by atomic mass is 28.4. The van der Waals surface area contributed by atoms with E-state index < -0.39 is 48.4 Å². The number of carbonyl (C=O) groups excluding carboxylic acids is 3. The fourth-order valence-corrected chi connectivity index (χ4v) is 11.7. The highest BCUT2D eigenvalue weighted by Gasteiger charge is 2.67. The third kappa shape index (κ3) is 6.08. The molecule has 1 N–H and O–H groups in total. The summed E-state index contributed by atoms with van der Waals surface area (Å²) in [7, 11) is -3.69. The van der Waals surface area contributed by atoms with Gasteiger partial charge in [0.05, 0.1) is 48.0 Å². The fourth-order valence-electron chi connectivity index (χ4n) is 9.20. The number of para-hydroxylation sites is 2. The number of aliphatic hydroxyl groups is 1. The normalized spacial score (nSPS) is 24.4. The zero-order valence-corrected chi connectivity index (χ0v) is 31.7. The van der Waals surface area contributed by atoms with E-state index >= 15 is 8.90 Å². The standard InChI is InChI=1S/C41H41FN4O8Si/c1-25-39(55(2,3)42)36(20-37(48)43-22-28-11-5-4-10-27(28)18-31(43)23-47)54-41(25)32-19-30(46(51)52)15-16-33(32)44(40(41)50)21-26-9-8-12-29(17-26)45-34-13-6-7-14-35(34)53-24-38(45)49/h4-17,19,25,31,36,39,47H,18,20-24H2,1-3H3/t25-,31+,36+,39-,41+/m1/s1. The van der Waals surface area contributed by atoms with Crippen molar-refractivity contribution in [2.45, 2.75) is 69.2 Å². The zero-order chi connectivity index (χ0) is 38.8. The summed E-state index contributed by atoms with van der Waals surface area (Å²) in [5.74, 6) is -1.33. The SMILES string of the molecule is C[C@@H]1[C@@H]([Si](C)(C)F)[C@H](CC(=O)N2Cc3ccccc3C[C@H]2CO)O[C@@]12C(=O)N(Cc1cccc(N3C(=O)COc4ccccc43)c1)c1ccc([N+](=O)[O-])cc12. The third-order valence-electron chi connectivity index (χ3n) is 11.6. The summed E-state index contributed by atoms with van der Waals surface area (Å²) < 4.78 is 29.0. The molecule has 0 radical (unpaired) electrons. The Labute approximate surface area is 318 Å². The summed E-state index contributed by atoms with van der Waals surface area (Å²) in [5, 5.41) is 22.4. The number of amides is 3. The fraction of sp³-hybridized carbons (Fsp3) is 0.341. The smallest absolute Gasteiger partial charge is 0.269 e. The Bertz CT molecular complexity index is 2230. The topological polar surface area (TPSA) is 143 Å². The summed E-state index contributed by atoms with van der Waals surface area (Å²) in [6.07, 6.45) is -0.781. The van der Waals surface area contributed by atoms with Gasteiger partial charge >= 0.3 is 0 Å². The highest BCUT2D eigenvalue weighted by Crippen LogP contribution is 2.61. The maximum absolute atomic E-state index is 16.6. The van der Waals surface area contributed by atoms with Gasteiger partial charge in [0.1, 0.15) is 5.75 Å². The van der Waals surface area contributed by atoms with E-state index in [1.54, 1.807) is 47.1 Å². The second-order valence-electron chi connectivity index (χ2n) is 15.3. The summed E-state index contributed by atoms with van der Waals surface area (Å²) in [6, 6.07) is 25.8. The first kappa shape index (κ1) is 36.5. The van der Waals surface area contributed by atoms with Crippen LogP contribution in [0.2, 0.25) is 18.6 Å². The van der Waals surface area contributed by atoms with E-state index in [1.165, 1.54) is 36.2 Å². The number of ether oxygens (including phenoxy) is 2. The largest absolute Gasteiger partial charge is 0.482 e. The Hall–Kier alpha value is -5.44. The van der Waals surface area contributed by atoms with Crippen LogP contribution in [0.1, 0.15) is 35.6 Å². The van der Waals surface area contributed by atoms with E-state index in [0.29, 0.717) is 34.8 Å². The Kier molecular flexibility index (Phi) is 9.09. The molecule has 12 nitrogen and oxygen atoms in total. The van der Waals surface area contributed by atoms with Gasteiger partial charge in [-0.25, -0.2) is 0 Å². The van der Waals surface area contributed by atoms with Crippen LogP contribution in [0.5, 0.6) is 5.75 Å². The predicted octanol–water partition coefficient (Wildman–Crippen LogP) is 6.31. The molecule has 0 saturated carbocycles. The summed E-state index contributed by atoms with van der Waals surface area (Å²) >= 11 is 0. The lowest BCUT2D eigenvalue weighted by molar-refractivity contribution is -0.385. The van der Waals surface area contributed by atoms with E-state index in [4.69, 9.17) is 9.47 Å². The maximum Gasteiger partial charge on any atom is 0.269 e. The molecule has 4 aromatic rings. The van der Waals surface area contributed by atoms with Gasteiger partial charge in [-0.3, -0.25) is 29.4 Å². The monoisotopic (exact) mass is 764 g/mol. The van der Waals surface area contributed by atoms with Crippen LogP contribution in [-0.4, -0.2) is 66.4 Å². The van der Waals surface area contributed by atoms with Crippen LogP contribution < -0.4 is 14.5 Å². The van der Waals surface area contributed by atoms with Crippen LogP contribution in [0, 0.1) is 16.0 Å². The number of rotatable bonds is 8. The minimum absolute atomic E-state index is 0.0194. The van der Waals surface area contributed by atoms with Crippen LogP contribution in [0.3, 0.4) is 0 Å². The zero-order valence-electron chi connectivity index (χ0n) is 30.7. The van der Waals surface area contributed by atoms with Gasteiger partial charge in [0, 0.05) is 41.4 Å². The minimum Gasteiger partial charge on any atom is -0.482 e. The van der Waals surface area contributed by atoms with E-state index in [0.717, 1.165) is 11.1 Å². The average molecular weight is 765 g/mol. The average Bonchev–Trinajstić information content (AvgIpc) is 3.59. The van der Waals surface area contributed by atoms with Crippen LogP contribution in [0.15, 0.2) is 91.0 Å². The molecule has 0 aliphatic carbocycles. The number of hydrogen-bond donors (Lipinski definition) is 1. The van der Waals surface area contributed by atoms with Gasteiger partial charge in [0.15, 0.2) is 12.2 Å². The van der Waals surface area contributed by atoms with Crippen LogP contribution >= 0.6 is 0 Å². The van der Waals surface area contributed by atoms with E-state index in [2.05, 4.69) is 0 Å². The van der Waals surface area contributed by atoms with E-state index in [9.17, 15) is 24.8 Å². The van der Waals surface area contributed by atoms with Crippen molar-refractivity contribution < 1.29 is 38.0 Å². The van der Waals surface area contributed by atoms with Gasteiger partial charge < -0.3 is 28.5 Å². The van der Waals surface area contributed by atoms with Crippen molar-refractivity contribution in [2.75, 3.05) is 23.0 Å². The van der Waals surface area contributed by atoms with Crippen molar-refractivity contribution in [3.05, 3.63) is 123 Å². The maximum atomic E-state index is 16.6. The predicted molar refractivity (Wildman–Crippen MR) is 204 cm³/mol. The van der Waals surface area contributed by atoms with Gasteiger partial charge in [-0.2, -0.15) is 0 Å². The van der Waals surface area contributed by atoms with Gasteiger partial charge in [-0.15, -0.1) is 0 Å². The molecule has 4 aromatic carbocycles. The molecule has 0 bridgehead atoms. The number of benzene rings is 4. The van der Waals surface area contributed by atoms with Gasteiger partial charge in [0.2, 0.25) is 14.3 Å². The number of nitro benzene ring substituents is 1. The molecule has 3 amide bonds. The molecule has 0 unspecified atom stereocenters. The second kappa shape index (κ2) is 13.7. The highest BCUT2D eigenvalue weighted by molar-refractivity contribution is 6.72. The lowest BCUT2D eigenvalue weighted by atomic mass is 9.82. The lowest BCUT2D eigenvalue weighted by Crippen LogP contribution is -2.48. The summed E-state index contributed by atoms with van der Waals surface area (Å²) in [6.45, 7) is 4.71. The number of anilines is 3. The van der Waals surface area contributed by atoms with Crippen molar-refractivity contribution in [1.29, 1.82) is 0 Å². The molecule has 5 atom stereocenters. The van der Waals surface area contributed by atoms with Gasteiger partial charge in [-0.05, 0) is 66.5 Å². The number of carbonyl (C=O) groups is 3. The Balaban J connectivity index is 1.15. The van der Waals surface area contributed by atoms with Crippen molar-refractivity contribution in [1.82, 2.24) is 4.90 Å². The van der Waals surface area contributed by atoms with Crippen LogP contribution in [-0.2, 0) is 44.2 Å². The van der Waals surface area contributed by atoms with Crippen LogP contribution in [0.25, 0.3) is 0 Å². The molecule has 1 spiro atoms. The quantitative estimate of drug-likeness (QED) is 0.0953. The molecule has 1 fully saturated rings. The molecule has 4 heterocycles. The van der Waals surface area contributed by atoms with Gasteiger partial charge in [-0.1, -0.05) is 55.5 Å². The molecular weight excluding hydrogens is 724 g/mol. The Morgan fingerprint density at radius 3 is 2.49 bits per heavy atom. The molecule has 55 heavy (non-hydrogen) atoms. The first-order valence-electron chi connectivity index (χ1n) is 18.4. The van der Waals surface area contributed by atoms with E-state index in [-0.39, 0.29) is 55.8 Å². The third-order valence-corrected chi connectivity index (χ3v) is 14.1. The van der Waals surface area contributed by atoms with Crippen molar-refractivity contribution in [2.24, 2.45) is 5.92 Å². The van der Waals surface area contributed by atoms with Crippen molar-refractivity contribution in [3.8, 4) is 5.75 Å². The molecule has 14 heteroatoms. The molecule has 4 aliphatic heterocycles. The van der Waals surface area contributed by atoms with Crippen molar-refractivity contribution in [3.63, 3.8) is 0 Å². The first-order valence-corrected chi connectivity index (χ1v) is 21.4. The molecule has 284 valence electrons. The molecule has 8 rings (SSSR count). The van der Waals surface area contributed by atoms with Gasteiger partial charge in [0.25, 0.3) is 17.5 Å². The first-order chi connectivity index (χ1) is 26.3. The lowest BCUT2D eigenvalue weighted by Gasteiger charge is -2.37. The van der Waals surface area contributed by atoms with Crippen molar-refractivity contribution >= 4 is 48.9 Å². The molecular formula is C41H41FN4O8Si. The summed E-state index contributed by atoms with van der Waals surface area (Å²) in [5.41, 5.74) is 1.59. The molecule has 1 saturated heterocycles. The number of nitrogens with zero attached hydrogens (tertiary/aromatic N) is 4. The second-order valence-corrected chi connectivity index (χ2v) is 19.1. The Morgan fingerprint density at radius 2 is 1.75 bits per heavy atom. The number of non-ortho nitro benzene ring substituents is 1. The molecule has 4 aliphatic rings. The van der Waals surface area contributed by atoms with E-state index in [1.807, 2.05) is 42.5 Å². The minimum atomic E-state index is -3.69.